The average molecular weight is 281 g/mol. The van der Waals surface area contributed by atoms with E-state index in [1.807, 2.05) is 17.1 Å². The second-order valence-electron chi connectivity index (χ2n) is 2.74. The zero-order chi connectivity index (χ0) is 9.68. The number of nitrogens with one attached hydrogen (secondary N) is 1. The van der Waals surface area contributed by atoms with Crippen LogP contribution in [-0.4, -0.2) is 23.0 Å². The zero-order valence-corrected chi connectivity index (χ0v) is 10.9. The van der Waals surface area contributed by atoms with Crippen molar-refractivity contribution in [3.05, 3.63) is 9.98 Å². The molecular formula is C8H13BrN2S2. The molecule has 0 bridgehead atoms. The highest BCUT2D eigenvalue weighted by Gasteiger charge is 2.00. The molecule has 1 aromatic rings. The first-order chi connectivity index (χ1) is 6.22. The van der Waals surface area contributed by atoms with Gasteiger partial charge in [0.25, 0.3) is 0 Å². The first kappa shape index (κ1) is 11.3. The van der Waals surface area contributed by atoms with Gasteiger partial charge in [-0.15, -0.1) is 11.3 Å². The highest BCUT2D eigenvalue weighted by molar-refractivity contribution is 9.10. The molecule has 1 atom stereocenters. The van der Waals surface area contributed by atoms with Crippen LogP contribution in [0.2, 0.25) is 0 Å². The molecule has 0 aliphatic heterocycles. The van der Waals surface area contributed by atoms with Gasteiger partial charge >= 0.3 is 0 Å². The summed E-state index contributed by atoms with van der Waals surface area (Å²) in [7, 11) is 0. The lowest BCUT2D eigenvalue weighted by atomic mass is 10.3. The monoisotopic (exact) mass is 280 g/mol. The summed E-state index contributed by atoms with van der Waals surface area (Å²) >= 11 is 6.85. The minimum atomic E-state index is 0.718. The molecule has 1 rings (SSSR count). The Morgan fingerprint density at radius 2 is 2.54 bits per heavy atom. The fraction of sp³-hybridized carbons (Fsp3) is 0.625. The van der Waals surface area contributed by atoms with Crippen LogP contribution >= 0.6 is 39.0 Å². The van der Waals surface area contributed by atoms with Gasteiger partial charge < -0.3 is 5.32 Å². The molecule has 0 aliphatic carbocycles. The van der Waals surface area contributed by atoms with Crippen LogP contribution in [0.5, 0.6) is 0 Å². The molecule has 0 saturated carbocycles. The Hall–Kier alpha value is 0.260. The molecule has 0 aromatic carbocycles. The second-order valence-corrected chi connectivity index (χ2v) is 5.68. The molecule has 0 aliphatic rings. The molecule has 2 nitrogen and oxygen atoms in total. The third-order valence-electron chi connectivity index (χ3n) is 1.71. The van der Waals surface area contributed by atoms with Crippen LogP contribution < -0.4 is 5.32 Å². The van der Waals surface area contributed by atoms with E-state index in [9.17, 15) is 0 Å². The third-order valence-corrected chi connectivity index (χ3v) is 4.26. The van der Waals surface area contributed by atoms with Gasteiger partial charge in [-0.3, -0.25) is 0 Å². The Labute approximate surface area is 95.7 Å². The molecule has 5 heteroatoms. The van der Waals surface area contributed by atoms with Crippen molar-refractivity contribution in [2.24, 2.45) is 0 Å². The van der Waals surface area contributed by atoms with E-state index < -0.39 is 0 Å². The van der Waals surface area contributed by atoms with Gasteiger partial charge in [-0.1, -0.05) is 6.92 Å². The maximum absolute atomic E-state index is 4.25. The van der Waals surface area contributed by atoms with Crippen LogP contribution in [0, 0.1) is 0 Å². The lowest BCUT2D eigenvalue weighted by Gasteiger charge is -2.07. The van der Waals surface area contributed by atoms with Crippen molar-refractivity contribution in [2.45, 2.75) is 18.6 Å². The van der Waals surface area contributed by atoms with Gasteiger partial charge in [0.1, 0.15) is 4.60 Å². The van der Waals surface area contributed by atoms with Crippen molar-refractivity contribution in [2.75, 3.05) is 18.1 Å². The van der Waals surface area contributed by atoms with E-state index in [0.29, 0.717) is 0 Å². The number of aromatic nitrogens is 1. The van der Waals surface area contributed by atoms with Crippen LogP contribution in [0.3, 0.4) is 0 Å². The van der Waals surface area contributed by atoms with Gasteiger partial charge in [0.05, 0.1) is 0 Å². The van der Waals surface area contributed by atoms with Crippen LogP contribution in [0.4, 0.5) is 5.13 Å². The summed E-state index contributed by atoms with van der Waals surface area (Å²) in [6.07, 6.45) is 3.32. The molecule has 1 heterocycles. The Bertz CT molecular complexity index is 252. The molecule has 0 radical (unpaired) electrons. The van der Waals surface area contributed by atoms with Crippen LogP contribution in [0.25, 0.3) is 0 Å². The fourth-order valence-electron chi connectivity index (χ4n) is 0.836. The summed E-state index contributed by atoms with van der Waals surface area (Å²) < 4.78 is 0.915. The minimum absolute atomic E-state index is 0.718. The molecular weight excluding hydrogens is 268 g/mol. The lowest BCUT2D eigenvalue weighted by Crippen LogP contribution is -2.07. The molecule has 1 aromatic heterocycles. The summed E-state index contributed by atoms with van der Waals surface area (Å²) in [5, 5.41) is 7.00. The molecule has 0 fully saturated rings. The number of rotatable bonds is 5. The van der Waals surface area contributed by atoms with E-state index in [2.05, 4.69) is 39.4 Å². The third kappa shape index (κ3) is 4.33. The Morgan fingerprint density at radius 1 is 1.77 bits per heavy atom. The van der Waals surface area contributed by atoms with Gasteiger partial charge in [0.15, 0.2) is 5.13 Å². The number of halogens is 1. The predicted octanol–water partition coefficient (Wildman–Crippen LogP) is 3.46. The standard InChI is InChI=1S/C8H13BrN2S2/c1-6(12-2)3-4-10-8-11-7(9)5-13-8/h5-6H,3-4H2,1-2H3,(H,10,11). The van der Waals surface area contributed by atoms with Gasteiger partial charge in [-0.2, -0.15) is 11.8 Å². The van der Waals surface area contributed by atoms with E-state index in [0.717, 1.165) is 21.5 Å². The number of thioether (sulfide) groups is 1. The van der Waals surface area contributed by atoms with Gasteiger partial charge in [-0.05, 0) is 28.6 Å². The van der Waals surface area contributed by atoms with Crippen molar-refractivity contribution in [1.29, 1.82) is 0 Å². The van der Waals surface area contributed by atoms with E-state index in [-0.39, 0.29) is 0 Å². The quantitative estimate of drug-likeness (QED) is 0.894. The molecule has 13 heavy (non-hydrogen) atoms. The second kappa shape index (κ2) is 5.88. The largest absolute Gasteiger partial charge is 0.361 e. The Morgan fingerprint density at radius 3 is 3.08 bits per heavy atom. The maximum atomic E-state index is 4.25. The highest BCUT2D eigenvalue weighted by Crippen LogP contribution is 2.19. The molecule has 1 N–H and O–H groups in total. The number of hydrogen-bond acceptors (Lipinski definition) is 4. The van der Waals surface area contributed by atoms with Crippen molar-refractivity contribution >= 4 is 44.2 Å². The fourth-order valence-corrected chi connectivity index (χ4v) is 2.36. The number of thiazole rings is 1. The van der Waals surface area contributed by atoms with Crippen LogP contribution in [0.15, 0.2) is 9.98 Å². The normalized spacial score (nSPS) is 12.8. The summed E-state index contributed by atoms with van der Waals surface area (Å²) in [5.41, 5.74) is 0. The molecule has 0 amide bonds. The zero-order valence-electron chi connectivity index (χ0n) is 7.71. The summed E-state index contributed by atoms with van der Waals surface area (Å²) in [6.45, 7) is 3.24. The van der Waals surface area contributed by atoms with E-state index >= 15 is 0 Å². The van der Waals surface area contributed by atoms with Crippen molar-refractivity contribution in [1.82, 2.24) is 4.98 Å². The number of anilines is 1. The SMILES string of the molecule is CSC(C)CCNc1nc(Br)cs1. The van der Waals surface area contributed by atoms with Crippen molar-refractivity contribution in [3.8, 4) is 0 Å². The van der Waals surface area contributed by atoms with Crippen LogP contribution in [0.1, 0.15) is 13.3 Å². The molecule has 1 unspecified atom stereocenters. The molecule has 0 spiro atoms. The first-order valence-corrected chi connectivity index (χ1v) is 7.06. The average Bonchev–Trinajstić information content (AvgIpc) is 2.51. The topological polar surface area (TPSA) is 24.9 Å². The summed E-state index contributed by atoms with van der Waals surface area (Å²) in [5.74, 6) is 0. The van der Waals surface area contributed by atoms with Gasteiger partial charge in [-0.25, -0.2) is 4.98 Å². The van der Waals surface area contributed by atoms with Crippen molar-refractivity contribution < 1.29 is 0 Å². The molecule has 74 valence electrons. The summed E-state index contributed by atoms with van der Waals surface area (Å²) in [4.78, 5) is 4.25. The van der Waals surface area contributed by atoms with E-state index in [4.69, 9.17) is 0 Å². The lowest BCUT2D eigenvalue weighted by molar-refractivity contribution is 0.852. The maximum Gasteiger partial charge on any atom is 0.183 e. The van der Waals surface area contributed by atoms with Crippen LogP contribution in [-0.2, 0) is 0 Å². The van der Waals surface area contributed by atoms with E-state index in [1.165, 1.54) is 6.42 Å². The summed E-state index contributed by atoms with van der Waals surface area (Å²) in [6, 6.07) is 0. The van der Waals surface area contributed by atoms with Crippen molar-refractivity contribution in [3.63, 3.8) is 0 Å². The number of hydrogen-bond donors (Lipinski definition) is 1. The number of nitrogens with zero attached hydrogens (tertiary/aromatic N) is 1. The van der Waals surface area contributed by atoms with Gasteiger partial charge in [0.2, 0.25) is 0 Å². The molecule has 0 saturated heterocycles. The predicted molar refractivity (Wildman–Crippen MR) is 65.9 cm³/mol. The minimum Gasteiger partial charge on any atom is -0.361 e. The first-order valence-electron chi connectivity index (χ1n) is 4.10. The Kier molecular flexibility index (Phi) is 5.13. The van der Waals surface area contributed by atoms with E-state index in [1.54, 1.807) is 11.3 Å². The Balaban J connectivity index is 2.20. The smallest absolute Gasteiger partial charge is 0.183 e. The highest BCUT2D eigenvalue weighted by atomic mass is 79.9. The van der Waals surface area contributed by atoms with Gasteiger partial charge in [0, 0.05) is 17.2 Å².